The average molecular weight is 442 g/mol. The molecule has 0 spiro atoms. The summed E-state index contributed by atoms with van der Waals surface area (Å²) in [6.45, 7) is 2.34. The van der Waals surface area contributed by atoms with Crippen molar-refractivity contribution in [3.8, 4) is 5.75 Å². The Morgan fingerprint density at radius 1 is 1.28 bits per heavy atom. The number of hydrogen-bond donors (Lipinski definition) is 1. The highest BCUT2D eigenvalue weighted by atomic mass is 19.1. The second-order valence-corrected chi connectivity index (χ2v) is 6.94. The van der Waals surface area contributed by atoms with Crippen molar-refractivity contribution in [3.05, 3.63) is 63.7 Å². The van der Waals surface area contributed by atoms with Gasteiger partial charge in [-0.15, -0.1) is 0 Å². The number of nitro benzene ring substituents is 1. The van der Waals surface area contributed by atoms with Crippen LogP contribution in [0.5, 0.6) is 5.75 Å². The molecule has 0 atom stereocenters. The zero-order valence-electron chi connectivity index (χ0n) is 17.0. The molecule has 1 fully saturated rings. The number of anilines is 1. The molecule has 1 amide bonds. The van der Waals surface area contributed by atoms with Crippen LogP contribution in [-0.2, 0) is 4.74 Å². The standard InChI is InChI=1S/C21H19FN4O6/c1-30-18-11-15(26(28)29)9-14-10-19(32-20(14)18)21(27)24-23-12-13-2-3-17(16(22)8-13)25-4-6-31-7-5-25/h2-3,8-12H,4-7H2,1H3,(H,24,27)/b23-12-. The molecule has 1 saturated heterocycles. The minimum absolute atomic E-state index is 0.107. The third-order valence-corrected chi connectivity index (χ3v) is 4.92. The molecule has 166 valence electrons. The van der Waals surface area contributed by atoms with E-state index in [1.165, 1.54) is 37.6 Å². The summed E-state index contributed by atoms with van der Waals surface area (Å²) in [4.78, 5) is 24.8. The van der Waals surface area contributed by atoms with Gasteiger partial charge in [0.25, 0.3) is 5.69 Å². The first kappa shape index (κ1) is 21.2. The molecule has 10 nitrogen and oxygen atoms in total. The Morgan fingerprint density at radius 2 is 2.06 bits per heavy atom. The number of hydrazone groups is 1. The van der Waals surface area contributed by atoms with E-state index < -0.39 is 16.6 Å². The van der Waals surface area contributed by atoms with E-state index in [2.05, 4.69) is 10.5 Å². The Morgan fingerprint density at radius 3 is 2.75 bits per heavy atom. The Hall–Kier alpha value is -3.99. The lowest BCUT2D eigenvalue weighted by molar-refractivity contribution is -0.384. The average Bonchev–Trinajstić information content (AvgIpc) is 3.23. The van der Waals surface area contributed by atoms with Crippen LogP contribution in [0.4, 0.5) is 15.8 Å². The maximum Gasteiger partial charge on any atom is 0.307 e. The smallest absolute Gasteiger partial charge is 0.307 e. The fourth-order valence-corrected chi connectivity index (χ4v) is 3.36. The number of methoxy groups -OCH3 is 1. The topological polar surface area (TPSA) is 119 Å². The highest BCUT2D eigenvalue weighted by Crippen LogP contribution is 2.33. The molecule has 1 aromatic heterocycles. The molecule has 4 rings (SSSR count). The van der Waals surface area contributed by atoms with E-state index in [-0.39, 0.29) is 22.8 Å². The number of non-ortho nitro benzene ring substituents is 1. The fraction of sp³-hybridized carbons (Fsp3) is 0.238. The lowest BCUT2D eigenvalue weighted by atomic mass is 10.2. The van der Waals surface area contributed by atoms with Gasteiger partial charge < -0.3 is 18.8 Å². The van der Waals surface area contributed by atoms with Gasteiger partial charge in [0, 0.05) is 24.5 Å². The predicted octanol–water partition coefficient (Wildman–Crippen LogP) is 3.09. The second-order valence-electron chi connectivity index (χ2n) is 6.94. The molecule has 1 N–H and O–H groups in total. The van der Waals surface area contributed by atoms with Crippen LogP contribution in [0.25, 0.3) is 11.0 Å². The molecule has 11 heteroatoms. The molecule has 2 heterocycles. The molecular weight excluding hydrogens is 423 g/mol. The Balaban J connectivity index is 1.47. The SMILES string of the molecule is COc1cc([N+](=O)[O-])cc2cc(C(=O)N/N=C\c3ccc(N4CCOCC4)c(F)c3)oc12. The number of carbonyl (C=O) groups excluding carboxylic acids is 1. The van der Waals surface area contributed by atoms with Crippen LogP contribution in [0, 0.1) is 15.9 Å². The van der Waals surface area contributed by atoms with Crippen molar-refractivity contribution in [1.29, 1.82) is 0 Å². The molecule has 0 saturated carbocycles. The summed E-state index contributed by atoms with van der Waals surface area (Å²) in [7, 11) is 1.34. The van der Waals surface area contributed by atoms with Crippen LogP contribution in [0.1, 0.15) is 16.1 Å². The van der Waals surface area contributed by atoms with E-state index in [0.29, 0.717) is 42.9 Å². The highest BCUT2D eigenvalue weighted by molar-refractivity contribution is 5.98. The van der Waals surface area contributed by atoms with Gasteiger partial charge in [0.05, 0.1) is 43.2 Å². The van der Waals surface area contributed by atoms with Crippen molar-refractivity contribution in [3.63, 3.8) is 0 Å². The highest BCUT2D eigenvalue weighted by Gasteiger charge is 2.19. The van der Waals surface area contributed by atoms with Gasteiger partial charge in [0.1, 0.15) is 5.82 Å². The lowest BCUT2D eigenvalue weighted by Gasteiger charge is -2.29. The first-order valence-corrected chi connectivity index (χ1v) is 9.68. The van der Waals surface area contributed by atoms with Crippen molar-refractivity contribution in [1.82, 2.24) is 5.43 Å². The minimum Gasteiger partial charge on any atom is -0.493 e. The summed E-state index contributed by atoms with van der Waals surface area (Å²) >= 11 is 0. The third-order valence-electron chi connectivity index (χ3n) is 4.92. The second kappa shape index (κ2) is 9.02. The Labute approximate surface area is 181 Å². The van der Waals surface area contributed by atoms with Crippen molar-refractivity contribution >= 4 is 34.5 Å². The van der Waals surface area contributed by atoms with E-state index in [0.717, 1.165) is 0 Å². The van der Waals surface area contributed by atoms with Crippen LogP contribution in [-0.4, -0.2) is 50.5 Å². The number of amides is 1. The number of fused-ring (bicyclic) bond motifs is 1. The third kappa shape index (κ3) is 4.37. The lowest BCUT2D eigenvalue weighted by Crippen LogP contribution is -2.36. The Kier molecular flexibility index (Phi) is 5.99. The number of carbonyl (C=O) groups is 1. The number of furan rings is 1. The Bertz CT molecular complexity index is 1200. The summed E-state index contributed by atoms with van der Waals surface area (Å²) in [6, 6.07) is 8.51. The van der Waals surface area contributed by atoms with E-state index in [9.17, 15) is 19.3 Å². The quantitative estimate of drug-likeness (QED) is 0.354. The number of morpholine rings is 1. The first-order chi connectivity index (χ1) is 15.5. The number of nitro groups is 1. The van der Waals surface area contributed by atoms with Crippen LogP contribution < -0.4 is 15.1 Å². The van der Waals surface area contributed by atoms with Crippen molar-refractivity contribution in [2.45, 2.75) is 0 Å². The van der Waals surface area contributed by atoms with Gasteiger partial charge in [-0.3, -0.25) is 14.9 Å². The van der Waals surface area contributed by atoms with Crippen molar-refractivity contribution in [2.24, 2.45) is 5.10 Å². The van der Waals surface area contributed by atoms with Crippen molar-refractivity contribution < 1.29 is 28.0 Å². The van der Waals surface area contributed by atoms with Gasteiger partial charge >= 0.3 is 5.91 Å². The summed E-state index contributed by atoms with van der Waals surface area (Å²) in [5.41, 5.74) is 3.25. The molecule has 2 aromatic carbocycles. The van der Waals surface area contributed by atoms with Gasteiger partial charge in [-0.25, -0.2) is 9.82 Å². The summed E-state index contributed by atoms with van der Waals surface area (Å²) in [6.07, 6.45) is 1.30. The molecule has 0 bridgehead atoms. The summed E-state index contributed by atoms with van der Waals surface area (Å²) < 4.78 is 30.3. The summed E-state index contributed by atoms with van der Waals surface area (Å²) in [5, 5.41) is 15.2. The molecule has 1 aliphatic heterocycles. The van der Waals surface area contributed by atoms with Gasteiger partial charge in [0.2, 0.25) is 0 Å². The predicted molar refractivity (Wildman–Crippen MR) is 114 cm³/mol. The van der Waals surface area contributed by atoms with Crippen LogP contribution >= 0.6 is 0 Å². The fourth-order valence-electron chi connectivity index (χ4n) is 3.36. The molecular formula is C21H19FN4O6. The molecule has 0 unspecified atom stereocenters. The number of halogens is 1. The van der Waals surface area contributed by atoms with Crippen LogP contribution in [0.15, 0.2) is 45.9 Å². The normalized spacial score (nSPS) is 14.1. The number of benzene rings is 2. The molecule has 3 aromatic rings. The maximum atomic E-state index is 14.5. The molecule has 1 aliphatic rings. The molecule has 0 radical (unpaired) electrons. The van der Waals surface area contributed by atoms with Gasteiger partial charge in [-0.05, 0) is 23.8 Å². The van der Waals surface area contributed by atoms with Crippen molar-refractivity contribution in [2.75, 3.05) is 38.3 Å². The van der Waals surface area contributed by atoms with Crippen LogP contribution in [0.3, 0.4) is 0 Å². The zero-order chi connectivity index (χ0) is 22.7. The van der Waals surface area contributed by atoms with Gasteiger partial charge in [0.15, 0.2) is 17.1 Å². The number of hydrogen-bond acceptors (Lipinski definition) is 8. The van der Waals surface area contributed by atoms with E-state index in [1.807, 2.05) is 4.90 Å². The largest absolute Gasteiger partial charge is 0.493 e. The maximum absolute atomic E-state index is 14.5. The van der Waals surface area contributed by atoms with Gasteiger partial charge in [-0.2, -0.15) is 5.10 Å². The molecule has 0 aliphatic carbocycles. The molecule has 32 heavy (non-hydrogen) atoms. The first-order valence-electron chi connectivity index (χ1n) is 9.68. The monoisotopic (exact) mass is 442 g/mol. The number of ether oxygens (including phenoxy) is 2. The summed E-state index contributed by atoms with van der Waals surface area (Å²) in [5.74, 6) is -1.04. The number of nitrogens with zero attached hydrogens (tertiary/aromatic N) is 3. The minimum atomic E-state index is -0.674. The number of rotatable bonds is 6. The van der Waals surface area contributed by atoms with E-state index in [4.69, 9.17) is 13.9 Å². The zero-order valence-corrected chi connectivity index (χ0v) is 17.0. The van der Waals surface area contributed by atoms with Gasteiger partial charge in [-0.1, -0.05) is 6.07 Å². The number of nitrogens with one attached hydrogen (secondary N) is 1. The van der Waals surface area contributed by atoms with Crippen LogP contribution in [0.2, 0.25) is 0 Å². The van der Waals surface area contributed by atoms with E-state index in [1.54, 1.807) is 12.1 Å². The van der Waals surface area contributed by atoms with E-state index >= 15 is 0 Å².